The Morgan fingerprint density at radius 1 is 1.24 bits per heavy atom. The molecule has 3 nitrogen and oxygen atoms in total. The number of nitrogens with one attached hydrogen (secondary N) is 1. The minimum atomic E-state index is -3.53. The molecular weight excluding hydrogens is 281 g/mol. The van der Waals surface area contributed by atoms with Crippen LogP contribution in [-0.2, 0) is 10.0 Å². The van der Waals surface area contributed by atoms with Crippen molar-refractivity contribution in [1.29, 1.82) is 0 Å². The molecule has 0 spiro atoms. The van der Waals surface area contributed by atoms with Gasteiger partial charge in [0.25, 0.3) is 0 Å². The molecule has 0 fully saturated rings. The Morgan fingerprint density at radius 3 is 2.53 bits per heavy atom. The molecule has 0 unspecified atom stereocenters. The molecule has 1 N–H and O–H groups in total. The van der Waals surface area contributed by atoms with Crippen LogP contribution in [0.3, 0.4) is 0 Å². The summed E-state index contributed by atoms with van der Waals surface area (Å²) in [7, 11) is -3.53. The van der Waals surface area contributed by atoms with Gasteiger partial charge in [-0.3, -0.25) is 0 Å². The fraction of sp³-hybridized carbons (Fsp3) is 0.455. The lowest BCUT2D eigenvalue weighted by Crippen LogP contribution is -2.25. The number of hydrogen-bond acceptors (Lipinski definition) is 2. The summed E-state index contributed by atoms with van der Waals surface area (Å²) in [6.45, 7) is 2.49. The third kappa shape index (κ3) is 4.47. The highest BCUT2D eigenvalue weighted by Crippen LogP contribution is 2.24. The third-order valence-electron chi connectivity index (χ3n) is 2.26. The largest absolute Gasteiger partial charge is 0.242 e. The van der Waals surface area contributed by atoms with E-state index in [1.165, 1.54) is 18.2 Å². The fourth-order valence-corrected chi connectivity index (χ4v) is 3.20. The summed E-state index contributed by atoms with van der Waals surface area (Å²) in [5.74, 6) is 0. The molecule has 0 aromatic heterocycles. The van der Waals surface area contributed by atoms with Crippen molar-refractivity contribution in [3.8, 4) is 0 Å². The highest BCUT2D eigenvalue weighted by Gasteiger charge is 2.17. The smallest absolute Gasteiger partial charge is 0.211 e. The average Bonchev–Trinajstić information content (AvgIpc) is 2.24. The Bertz CT molecular complexity index is 474. The highest BCUT2D eigenvalue weighted by atomic mass is 35.5. The molecule has 0 saturated heterocycles. The molecule has 0 saturated carbocycles. The van der Waals surface area contributed by atoms with Crippen molar-refractivity contribution in [1.82, 2.24) is 4.72 Å². The van der Waals surface area contributed by atoms with Crippen molar-refractivity contribution in [2.75, 3.05) is 6.54 Å². The Balaban J connectivity index is 2.76. The van der Waals surface area contributed by atoms with Crippen molar-refractivity contribution in [2.45, 2.75) is 31.1 Å². The summed E-state index contributed by atoms with van der Waals surface area (Å²) in [4.78, 5) is 0.0695. The molecular formula is C11H15Cl2NO2S. The van der Waals surface area contributed by atoms with Gasteiger partial charge >= 0.3 is 0 Å². The van der Waals surface area contributed by atoms with Gasteiger partial charge in [0.2, 0.25) is 10.0 Å². The standard InChI is InChI=1S/C11H15Cl2NO2S/c1-2-3-4-7-14-17(15,16)11-6-5-9(12)8-10(11)13/h5-6,8,14H,2-4,7H2,1H3. The zero-order valence-corrected chi connectivity index (χ0v) is 11.9. The quantitative estimate of drug-likeness (QED) is 0.817. The molecule has 0 radical (unpaired) electrons. The number of unbranched alkanes of at least 4 members (excludes halogenated alkanes) is 2. The van der Waals surface area contributed by atoms with Crippen LogP contribution in [-0.4, -0.2) is 15.0 Å². The molecule has 0 atom stereocenters. The van der Waals surface area contributed by atoms with E-state index < -0.39 is 10.0 Å². The number of halogens is 2. The molecule has 6 heteroatoms. The van der Waals surface area contributed by atoms with Crippen molar-refractivity contribution in [2.24, 2.45) is 0 Å². The summed E-state index contributed by atoms with van der Waals surface area (Å²) in [6.07, 6.45) is 2.86. The molecule has 0 aliphatic carbocycles. The van der Waals surface area contributed by atoms with Crippen LogP contribution in [0.15, 0.2) is 23.1 Å². The number of benzene rings is 1. The molecule has 96 valence electrons. The molecule has 1 aromatic carbocycles. The normalized spacial score (nSPS) is 11.7. The lowest BCUT2D eigenvalue weighted by molar-refractivity contribution is 0.576. The zero-order valence-electron chi connectivity index (χ0n) is 9.54. The second kappa shape index (κ2) is 6.59. The first kappa shape index (κ1) is 14.8. The van der Waals surface area contributed by atoms with Gasteiger partial charge in [0.15, 0.2) is 0 Å². The third-order valence-corrected chi connectivity index (χ3v) is 4.43. The molecule has 0 amide bonds. The maximum Gasteiger partial charge on any atom is 0.242 e. The molecule has 17 heavy (non-hydrogen) atoms. The van der Waals surface area contributed by atoms with Crippen molar-refractivity contribution >= 4 is 33.2 Å². The van der Waals surface area contributed by atoms with E-state index in [0.717, 1.165) is 19.3 Å². The van der Waals surface area contributed by atoms with Crippen molar-refractivity contribution in [3.05, 3.63) is 28.2 Å². The number of hydrogen-bond donors (Lipinski definition) is 1. The van der Waals surface area contributed by atoms with E-state index in [0.29, 0.717) is 11.6 Å². The Hall–Kier alpha value is -0.290. The minimum Gasteiger partial charge on any atom is -0.211 e. The number of sulfonamides is 1. The van der Waals surface area contributed by atoms with Crippen LogP contribution in [0.25, 0.3) is 0 Å². The van der Waals surface area contributed by atoms with Crippen LogP contribution in [0.5, 0.6) is 0 Å². The van der Waals surface area contributed by atoms with Crippen LogP contribution in [0.2, 0.25) is 10.0 Å². The lowest BCUT2D eigenvalue weighted by Gasteiger charge is -2.08. The maximum atomic E-state index is 11.9. The van der Waals surface area contributed by atoms with Gasteiger partial charge in [-0.1, -0.05) is 43.0 Å². The summed E-state index contributed by atoms with van der Waals surface area (Å²) in [5.41, 5.74) is 0. The van der Waals surface area contributed by atoms with E-state index in [4.69, 9.17) is 23.2 Å². The highest BCUT2D eigenvalue weighted by molar-refractivity contribution is 7.89. The van der Waals surface area contributed by atoms with Gasteiger partial charge in [-0.05, 0) is 24.6 Å². The van der Waals surface area contributed by atoms with Gasteiger partial charge in [-0.25, -0.2) is 13.1 Å². The van der Waals surface area contributed by atoms with E-state index in [1.807, 2.05) is 0 Å². The fourth-order valence-electron chi connectivity index (χ4n) is 1.35. The molecule has 0 aliphatic heterocycles. The topological polar surface area (TPSA) is 46.2 Å². The van der Waals surface area contributed by atoms with E-state index in [1.54, 1.807) is 0 Å². The van der Waals surface area contributed by atoms with E-state index >= 15 is 0 Å². The van der Waals surface area contributed by atoms with Crippen molar-refractivity contribution in [3.63, 3.8) is 0 Å². The van der Waals surface area contributed by atoms with Gasteiger partial charge in [-0.2, -0.15) is 0 Å². The zero-order chi connectivity index (χ0) is 12.9. The van der Waals surface area contributed by atoms with Crippen LogP contribution in [0, 0.1) is 0 Å². The van der Waals surface area contributed by atoms with Crippen LogP contribution in [0.4, 0.5) is 0 Å². The monoisotopic (exact) mass is 295 g/mol. The molecule has 0 aliphatic rings. The second-order valence-electron chi connectivity index (χ2n) is 3.68. The SMILES string of the molecule is CCCCCNS(=O)(=O)c1ccc(Cl)cc1Cl. The van der Waals surface area contributed by atoms with Gasteiger partial charge in [0.1, 0.15) is 4.90 Å². The lowest BCUT2D eigenvalue weighted by atomic mass is 10.3. The Kier molecular flexibility index (Phi) is 5.73. The Labute approximate surface area is 112 Å². The van der Waals surface area contributed by atoms with Crippen molar-refractivity contribution < 1.29 is 8.42 Å². The Morgan fingerprint density at radius 2 is 1.94 bits per heavy atom. The van der Waals surface area contributed by atoms with Gasteiger partial charge in [-0.15, -0.1) is 0 Å². The summed E-state index contributed by atoms with van der Waals surface area (Å²) in [6, 6.07) is 4.34. The molecule has 0 heterocycles. The summed E-state index contributed by atoms with van der Waals surface area (Å²) >= 11 is 11.6. The predicted octanol–water partition coefficient (Wildman–Crippen LogP) is 3.46. The van der Waals surface area contributed by atoms with Gasteiger partial charge in [0.05, 0.1) is 5.02 Å². The summed E-state index contributed by atoms with van der Waals surface area (Å²) < 4.78 is 26.3. The molecule has 1 rings (SSSR count). The average molecular weight is 296 g/mol. The molecule has 0 bridgehead atoms. The van der Waals surface area contributed by atoms with Crippen LogP contribution >= 0.6 is 23.2 Å². The van der Waals surface area contributed by atoms with E-state index in [-0.39, 0.29) is 9.92 Å². The maximum absolute atomic E-state index is 11.9. The first-order valence-corrected chi connectivity index (χ1v) is 7.66. The van der Waals surface area contributed by atoms with E-state index in [9.17, 15) is 8.42 Å². The first-order chi connectivity index (χ1) is 7.97. The number of rotatable bonds is 6. The second-order valence-corrected chi connectivity index (χ2v) is 6.26. The van der Waals surface area contributed by atoms with Crippen LogP contribution in [0.1, 0.15) is 26.2 Å². The first-order valence-electron chi connectivity index (χ1n) is 5.42. The van der Waals surface area contributed by atoms with Crippen LogP contribution < -0.4 is 4.72 Å². The van der Waals surface area contributed by atoms with Gasteiger partial charge in [0, 0.05) is 11.6 Å². The van der Waals surface area contributed by atoms with Gasteiger partial charge < -0.3 is 0 Å². The predicted molar refractivity (Wildman–Crippen MR) is 71.2 cm³/mol. The molecule has 1 aromatic rings. The van der Waals surface area contributed by atoms with E-state index in [2.05, 4.69) is 11.6 Å². The minimum absolute atomic E-state index is 0.0695. The summed E-state index contributed by atoms with van der Waals surface area (Å²) in [5, 5.41) is 0.556.